The van der Waals surface area contributed by atoms with Crippen molar-refractivity contribution in [2.75, 3.05) is 12.0 Å². The van der Waals surface area contributed by atoms with Crippen LogP contribution >= 0.6 is 11.3 Å². The van der Waals surface area contributed by atoms with Crippen molar-refractivity contribution in [2.24, 2.45) is 0 Å². The highest BCUT2D eigenvalue weighted by molar-refractivity contribution is 7.13. The minimum absolute atomic E-state index is 0.144. The van der Waals surface area contributed by atoms with Crippen molar-refractivity contribution in [1.29, 1.82) is 0 Å². The first kappa shape index (κ1) is 22.8. The van der Waals surface area contributed by atoms with E-state index in [0.29, 0.717) is 17.1 Å². The van der Waals surface area contributed by atoms with Gasteiger partial charge in [-0.05, 0) is 66.4 Å². The Kier molecular flexibility index (Phi) is 5.86. The summed E-state index contributed by atoms with van der Waals surface area (Å²) in [7, 11) is 1.59. The third-order valence-corrected chi connectivity index (χ3v) is 7.01. The Morgan fingerprint density at radius 3 is 2.57 bits per heavy atom. The molecule has 0 aliphatic carbocycles. The maximum atomic E-state index is 13.7. The molecule has 4 aromatic rings. The fraction of sp³-hybridized carbons (Fsp3) is 0.192. The summed E-state index contributed by atoms with van der Waals surface area (Å²) in [5.74, 6) is -0.417. The predicted molar refractivity (Wildman–Crippen MR) is 132 cm³/mol. The Hall–Kier alpha value is -3.98. The van der Waals surface area contributed by atoms with Gasteiger partial charge in [-0.15, -0.1) is 11.3 Å². The van der Waals surface area contributed by atoms with Gasteiger partial charge in [0.1, 0.15) is 28.5 Å². The molecule has 0 unspecified atom stereocenters. The molecule has 7 nitrogen and oxygen atoms in total. The molecule has 0 saturated carbocycles. The highest BCUT2D eigenvalue weighted by atomic mass is 32.1. The van der Waals surface area contributed by atoms with E-state index in [1.165, 1.54) is 40.5 Å². The number of carbonyl (C=O) groups excluding carboxylic acids is 2. The second-order valence-corrected chi connectivity index (χ2v) is 9.42. The van der Waals surface area contributed by atoms with E-state index in [1.54, 1.807) is 24.8 Å². The number of fused-ring (bicyclic) bond motifs is 1. The van der Waals surface area contributed by atoms with Gasteiger partial charge in [0.2, 0.25) is 5.91 Å². The quantitative estimate of drug-likeness (QED) is 0.432. The SMILES string of the molecule is COc1ccc(CNC(=O)[C@@]2(C)Cn3nc(-c4cccs4)cc3C(=O)N2c2ccc(F)cc2)cc1. The average molecular weight is 491 g/mol. The molecule has 1 aliphatic rings. The molecule has 178 valence electrons. The number of ether oxygens (including phenoxy) is 1. The summed E-state index contributed by atoms with van der Waals surface area (Å²) in [4.78, 5) is 29.7. The van der Waals surface area contributed by atoms with Crippen LogP contribution in [-0.2, 0) is 17.9 Å². The van der Waals surface area contributed by atoms with Crippen molar-refractivity contribution in [3.8, 4) is 16.3 Å². The number of methoxy groups -OCH3 is 1. The van der Waals surface area contributed by atoms with Gasteiger partial charge in [0.15, 0.2) is 0 Å². The van der Waals surface area contributed by atoms with E-state index in [-0.39, 0.29) is 24.9 Å². The molecule has 0 bridgehead atoms. The number of thiophene rings is 1. The minimum atomic E-state index is -1.30. The van der Waals surface area contributed by atoms with Gasteiger partial charge < -0.3 is 10.1 Å². The number of hydrogen-bond acceptors (Lipinski definition) is 5. The van der Waals surface area contributed by atoms with Crippen LogP contribution in [0.15, 0.2) is 72.1 Å². The number of hydrogen-bond donors (Lipinski definition) is 1. The predicted octanol–water partition coefficient (Wildman–Crippen LogP) is 4.49. The first-order chi connectivity index (χ1) is 16.9. The Balaban J connectivity index is 1.50. The number of carbonyl (C=O) groups is 2. The van der Waals surface area contributed by atoms with Crippen molar-refractivity contribution in [3.63, 3.8) is 0 Å². The average Bonchev–Trinajstić information content (AvgIpc) is 3.54. The summed E-state index contributed by atoms with van der Waals surface area (Å²) in [5, 5.41) is 9.53. The van der Waals surface area contributed by atoms with Crippen LogP contribution in [0.4, 0.5) is 10.1 Å². The maximum Gasteiger partial charge on any atom is 0.277 e. The number of nitrogens with one attached hydrogen (secondary N) is 1. The van der Waals surface area contributed by atoms with E-state index in [1.807, 2.05) is 41.8 Å². The molecule has 0 saturated heterocycles. The van der Waals surface area contributed by atoms with Crippen molar-refractivity contribution in [2.45, 2.75) is 25.6 Å². The van der Waals surface area contributed by atoms with Gasteiger partial charge in [0.05, 0.1) is 18.5 Å². The van der Waals surface area contributed by atoms with Crippen LogP contribution < -0.4 is 15.0 Å². The fourth-order valence-electron chi connectivity index (χ4n) is 4.24. The first-order valence-electron chi connectivity index (χ1n) is 11.0. The lowest BCUT2D eigenvalue weighted by Crippen LogP contribution is -2.64. The molecule has 2 aromatic heterocycles. The molecular formula is C26H23FN4O3S. The van der Waals surface area contributed by atoms with Gasteiger partial charge in [0, 0.05) is 12.2 Å². The summed E-state index contributed by atoms with van der Waals surface area (Å²) < 4.78 is 20.4. The normalized spacial score (nSPS) is 17.2. The van der Waals surface area contributed by atoms with Gasteiger partial charge in [0.25, 0.3) is 5.91 Å². The van der Waals surface area contributed by atoms with Crippen LogP contribution in [0.2, 0.25) is 0 Å². The molecule has 9 heteroatoms. The number of nitrogens with zero attached hydrogens (tertiary/aromatic N) is 3. The van der Waals surface area contributed by atoms with Crippen LogP contribution in [-0.4, -0.2) is 34.2 Å². The molecule has 0 radical (unpaired) electrons. The summed E-state index contributed by atoms with van der Waals surface area (Å²) >= 11 is 1.52. The molecule has 3 heterocycles. The second-order valence-electron chi connectivity index (χ2n) is 8.47. The van der Waals surface area contributed by atoms with Crippen LogP contribution in [0.1, 0.15) is 23.0 Å². The van der Waals surface area contributed by atoms with Crippen LogP contribution in [0.5, 0.6) is 5.75 Å². The minimum Gasteiger partial charge on any atom is -0.497 e. The van der Waals surface area contributed by atoms with E-state index in [0.717, 1.165) is 16.2 Å². The fourth-order valence-corrected chi connectivity index (χ4v) is 4.92. The Morgan fingerprint density at radius 1 is 1.17 bits per heavy atom. The van der Waals surface area contributed by atoms with Gasteiger partial charge >= 0.3 is 0 Å². The van der Waals surface area contributed by atoms with Crippen molar-refractivity contribution in [3.05, 3.63) is 89.2 Å². The van der Waals surface area contributed by atoms with Crippen molar-refractivity contribution >= 4 is 28.8 Å². The highest BCUT2D eigenvalue weighted by Crippen LogP contribution is 2.35. The second kappa shape index (κ2) is 8.99. The third-order valence-electron chi connectivity index (χ3n) is 6.11. The Morgan fingerprint density at radius 2 is 1.91 bits per heavy atom. The van der Waals surface area contributed by atoms with Crippen LogP contribution in [0, 0.1) is 5.82 Å². The van der Waals surface area contributed by atoms with E-state index in [2.05, 4.69) is 10.4 Å². The molecular weight excluding hydrogens is 467 g/mol. The standard InChI is InChI=1S/C26H23FN4O3S/c1-26(25(33)28-15-17-5-11-20(34-2)12-6-17)16-30-22(14-21(29-30)23-4-3-13-35-23)24(32)31(26)19-9-7-18(27)8-10-19/h3-14H,15-16H2,1-2H3,(H,28,33)/t26-/m1/s1. The number of rotatable bonds is 6. The summed E-state index contributed by atoms with van der Waals surface area (Å²) in [6, 6.07) is 18.5. The monoisotopic (exact) mass is 490 g/mol. The Bertz CT molecular complexity index is 1370. The van der Waals surface area contributed by atoms with E-state index in [4.69, 9.17) is 4.74 Å². The summed E-state index contributed by atoms with van der Waals surface area (Å²) in [5.41, 5.74) is 1.07. The van der Waals surface area contributed by atoms with Gasteiger partial charge in [-0.2, -0.15) is 5.10 Å². The molecule has 5 rings (SSSR count). The molecule has 1 atom stereocenters. The molecule has 0 spiro atoms. The summed E-state index contributed by atoms with van der Waals surface area (Å²) in [6.45, 7) is 2.12. The lowest BCUT2D eigenvalue weighted by molar-refractivity contribution is -0.126. The van der Waals surface area contributed by atoms with E-state index < -0.39 is 11.4 Å². The lowest BCUT2D eigenvalue weighted by Gasteiger charge is -2.43. The molecule has 2 amide bonds. The molecule has 0 fully saturated rings. The zero-order chi connectivity index (χ0) is 24.6. The van der Waals surface area contributed by atoms with Crippen LogP contribution in [0.25, 0.3) is 10.6 Å². The Labute approximate surface area is 205 Å². The van der Waals surface area contributed by atoms with Crippen molar-refractivity contribution < 1.29 is 18.7 Å². The molecule has 1 N–H and O–H groups in total. The van der Waals surface area contributed by atoms with E-state index >= 15 is 0 Å². The number of aromatic nitrogens is 2. The molecule has 35 heavy (non-hydrogen) atoms. The molecule has 2 aromatic carbocycles. The number of benzene rings is 2. The third kappa shape index (κ3) is 4.19. The number of halogens is 1. The number of anilines is 1. The van der Waals surface area contributed by atoms with Gasteiger partial charge in [-0.3, -0.25) is 19.2 Å². The first-order valence-corrected chi connectivity index (χ1v) is 11.9. The van der Waals surface area contributed by atoms with Gasteiger partial charge in [-0.1, -0.05) is 18.2 Å². The summed E-state index contributed by atoms with van der Waals surface area (Å²) in [6.07, 6.45) is 0. The van der Waals surface area contributed by atoms with Crippen molar-refractivity contribution in [1.82, 2.24) is 15.1 Å². The molecule has 1 aliphatic heterocycles. The number of amides is 2. The topological polar surface area (TPSA) is 76.5 Å². The highest BCUT2D eigenvalue weighted by Gasteiger charge is 2.48. The zero-order valence-corrected chi connectivity index (χ0v) is 20.0. The smallest absolute Gasteiger partial charge is 0.277 e. The van der Waals surface area contributed by atoms with Gasteiger partial charge in [-0.25, -0.2) is 4.39 Å². The lowest BCUT2D eigenvalue weighted by atomic mass is 9.93. The van der Waals surface area contributed by atoms with Crippen LogP contribution in [0.3, 0.4) is 0 Å². The van der Waals surface area contributed by atoms with E-state index in [9.17, 15) is 14.0 Å². The maximum absolute atomic E-state index is 13.7. The zero-order valence-electron chi connectivity index (χ0n) is 19.2. The largest absolute Gasteiger partial charge is 0.497 e.